The lowest BCUT2D eigenvalue weighted by Crippen LogP contribution is -2.46. The predicted octanol–water partition coefficient (Wildman–Crippen LogP) is 0.624. The molecule has 1 rings (SSSR count). The number of likely N-dealkylation sites (N-methyl/N-ethyl adjacent to an activating group) is 1. The molecule has 1 heterocycles. The Morgan fingerprint density at radius 3 is 2.56 bits per heavy atom. The Morgan fingerprint density at radius 2 is 2.06 bits per heavy atom. The maximum atomic E-state index is 5.31. The largest absolute Gasteiger partial charge is 0.312 e. The first-order chi connectivity index (χ1) is 7.63. The molecule has 0 aliphatic carbocycles. The highest BCUT2D eigenvalue weighted by atomic mass is 15.2. The normalized spacial score (nSPS) is 20.9. The average Bonchev–Trinajstić information content (AvgIpc) is 2.28. The van der Waals surface area contributed by atoms with Gasteiger partial charge >= 0.3 is 0 Å². The van der Waals surface area contributed by atoms with E-state index >= 15 is 0 Å². The van der Waals surface area contributed by atoms with E-state index in [2.05, 4.69) is 42.1 Å². The summed E-state index contributed by atoms with van der Waals surface area (Å²) in [4.78, 5) is 4.61. The Morgan fingerprint density at radius 1 is 1.44 bits per heavy atom. The van der Waals surface area contributed by atoms with Gasteiger partial charge in [0.05, 0.1) is 6.54 Å². The molecule has 0 aromatic rings. The van der Waals surface area contributed by atoms with E-state index < -0.39 is 0 Å². The Labute approximate surface area is 100 Å². The molecule has 0 amide bonds. The van der Waals surface area contributed by atoms with E-state index in [9.17, 15) is 0 Å². The fourth-order valence-electron chi connectivity index (χ4n) is 1.94. The maximum Gasteiger partial charge on any atom is 0.0598 e. The molecule has 3 nitrogen and oxygen atoms in total. The third kappa shape index (κ3) is 4.52. The first-order valence-electron chi connectivity index (χ1n) is 6.19. The van der Waals surface area contributed by atoms with Gasteiger partial charge in [0, 0.05) is 31.7 Å². The van der Waals surface area contributed by atoms with E-state index in [4.69, 9.17) is 6.42 Å². The lowest BCUT2D eigenvalue weighted by atomic mass is 10.0. The molecule has 1 aliphatic rings. The van der Waals surface area contributed by atoms with Crippen LogP contribution < -0.4 is 5.32 Å². The molecule has 0 radical (unpaired) electrons. The molecule has 0 bridgehead atoms. The first-order valence-corrected chi connectivity index (χ1v) is 6.19. The van der Waals surface area contributed by atoms with Gasteiger partial charge in [0.1, 0.15) is 0 Å². The van der Waals surface area contributed by atoms with Crippen LogP contribution in [0.4, 0.5) is 0 Å². The second kappa shape index (κ2) is 6.90. The molecule has 1 atom stereocenters. The van der Waals surface area contributed by atoms with Gasteiger partial charge in [0.15, 0.2) is 0 Å². The summed E-state index contributed by atoms with van der Waals surface area (Å²) in [5.41, 5.74) is 0. The molecule has 0 aromatic carbocycles. The van der Waals surface area contributed by atoms with E-state index in [0.29, 0.717) is 12.1 Å². The lowest BCUT2D eigenvalue weighted by molar-refractivity contribution is 0.207. The summed E-state index contributed by atoms with van der Waals surface area (Å²) in [6.07, 6.45) is 7.76. The number of piperidine rings is 1. The average molecular weight is 223 g/mol. The van der Waals surface area contributed by atoms with E-state index in [1.165, 1.54) is 12.8 Å². The van der Waals surface area contributed by atoms with Crippen molar-refractivity contribution in [3.05, 3.63) is 0 Å². The van der Waals surface area contributed by atoms with Crippen LogP contribution in [0.25, 0.3) is 0 Å². The van der Waals surface area contributed by atoms with Gasteiger partial charge in [-0.1, -0.05) is 5.92 Å². The summed E-state index contributed by atoms with van der Waals surface area (Å²) in [5.74, 6) is 2.72. The number of nitrogens with one attached hydrogen (secondary N) is 1. The molecule has 1 saturated heterocycles. The highest BCUT2D eigenvalue weighted by Gasteiger charge is 2.18. The number of hydrogen-bond donors (Lipinski definition) is 1. The van der Waals surface area contributed by atoms with Crippen LogP contribution in [-0.2, 0) is 0 Å². The van der Waals surface area contributed by atoms with Crippen LogP contribution >= 0.6 is 0 Å². The minimum atomic E-state index is 0.601. The van der Waals surface area contributed by atoms with Crippen molar-refractivity contribution in [2.75, 3.05) is 40.3 Å². The van der Waals surface area contributed by atoms with Crippen LogP contribution in [0.15, 0.2) is 0 Å². The molecule has 1 fully saturated rings. The summed E-state index contributed by atoms with van der Waals surface area (Å²) < 4.78 is 0. The van der Waals surface area contributed by atoms with Crippen molar-refractivity contribution in [2.45, 2.75) is 31.8 Å². The predicted molar refractivity (Wildman–Crippen MR) is 69.4 cm³/mol. The summed E-state index contributed by atoms with van der Waals surface area (Å²) in [5, 5.41) is 3.65. The molecule has 0 saturated carbocycles. The van der Waals surface area contributed by atoms with Crippen LogP contribution in [0.3, 0.4) is 0 Å². The molecular formula is C13H25N3. The van der Waals surface area contributed by atoms with Gasteiger partial charge in [-0.15, -0.1) is 6.42 Å². The Hall–Kier alpha value is -0.560. The van der Waals surface area contributed by atoms with Crippen LogP contribution in [-0.4, -0.2) is 62.2 Å². The Balaban J connectivity index is 2.15. The second-order valence-corrected chi connectivity index (χ2v) is 4.98. The first kappa shape index (κ1) is 13.5. The van der Waals surface area contributed by atoms with Crippen molar-refractivity contribution >= 4 is 0 Å². The third-order valence-corrected chi connectivity index (χ3v) is 3.49. The molecule has 92 valence electrons. The summed E-state index contributed by atoms with van der Waals surface area (Å²) in [7, 11) is 4.25. The number of terminal acetylenes is 1. The summed E-state index contributed by atoms with van der Waals surface area (Å²) >= 11 is 0. The van der Waals surface area contributed by atoms with Crippen molar-refractivity contribution in [1.29, 1.82) is 0 Å². The van der Waals surface area contributed by atoms with Gasteiger partial charge in [0.2, 0.25) is 0 Å². The number of likely N-dealkylation sites (tertiary alicyclic amines) is 1. The van der Waals surface area contributed by atoms with E-state index in [0.717, 1.165) is 26.2 Å². The van der Waals surface area contributed by atoms with Gasteiger partial charge in [-0.05, 0) is 33.9 Å². The van der Waals surface area contributed by atoms with Gasteiger partial charge in [0.25, 0.3) is 0 Å². The monoisotopic (exact) mass is 223 g/mol. The van der Waals surface area contributed by atoms with Gasteiger partial charge in [-0.25, -0.2) is 0 Å². The number of nitrogens with zero attached hydrogens (tertiary/aromatic N) is 2. The standard InChI is InChI=1S/C13H25N3/c1-5-8-16-9-6-13(7-10-16)14-11-12(2)15(3)4/h1,12-14H,6-11H2,2-4H3. The summed E-state index contributed by atoms with van der Waals surface area (Å²) in [6.45, 7) is 6.41. The van der Waals surface area contributed by atoms with E-state index in [1.54, 1.807) is 0 Å². The zero-order valence-corrected chi connectivity index (χ0v) is 10.9. The third-order valence-electron chi connectivity index (χ3n) is 3.49. The molecule has 0 aromatic heterocycles. The van der Waals surface area contributed by atoms with E-state index in [-0.39, 0.29) is 0 Å². The van der Waals surface area contributed by atoms with Crippen LogP contribution in [0, 0.1) is 12.3 Å². The SMILES string of the molecule is C#CCN1CCC(NCC(C)N(C)C)CC1. The Kier molecular flexibility index (Phi) is 5.83. The van der Waals surface area contributed by atoms with Crippen molar-refractivity contribution in [1.82, 2.24) is 15.1 Å². The summed E-state index contributed by atoms with van der Waals surface area (Å²) in [6, 6.07) is 1.28. The second-order valence-electron chi connectivity index (χ2n) is 4.98. The van der Waals surface area contributed by atoms with Gasteiger partial charge in [-0.2, -0.15) is 0 Å². The fourth-order valence-corrected chi connectivity index (χ4v) is 1.94. The smallest absolute Gasteiger partial charge is 0.0598 e. The Bertz CT molecular complexity index is 224. The molecule has 1 N–H and O–H groups in total. The fraction of sp³-hybridized carbons (Fsp3) is 0.846. The lowest BCUT2D eigenvalue weighted by Gasteiger charge is -2.32. The molecule has 0 spiro atoms. The molecule has 16 heavy (non-hydrogen) atoms. The van der Waals surface area contributed by atoms with Gasteiger partial charge < -0.3 is 10.2 Å². The van der Waals surface area contributed by atoms with Crippen molar-refractivity contribution in [3.63, 3.8) is 0 Å². The zero-order chi connectivity index (χ0) is 12.0. The van der Waals surface area contributed by atoms with Crippen LogP contribution in [0.5, 0.6) is 0 Å². The quantitative estimate of drug-likeness (QED) is 0.690. The zero-order valence-electron chi connectivity index (χ0n) is 10.9. The molecular weight excluding hydrogens is 198 g/mol. The van der Waals surface area contributed by atoms with Crippen molar-refractivity contribution in [3.8, 4) is 12.3 Å². The molecule has 1 aliphatic heterocycles. The van der Waals surface area contributed by atoms with Crippen LogP contribution in [0.2, 0.25) is 0 Å². The maximum absolute atomic E-state index is 5.31. The molecule has 1 unspecified atom stereocenters. The highest BCUT2D eigenvalue weighted by Crippen LogP contribution is 2.09. The van der Waals surface area contributed by atoms with Crippen LogP contribution in [0.1, 0.15) is 19.8 Å². The molecule has 3 heteroatoms. The van der Waals surface area contributed by atoms with Gasteiger partial charge in [-0.3, -0.25) is 4.90 Å². The van der Waals surface area contributed by atoms with Crippen molar-refractivity contribution < 1.29 is 0 Å². The minimum absolute atomic E-state index is 0.601. The number of hydrogen-bond acceptors (Lipinski definition) is 3. The minimum Gasteiger partial charge on any atom is -0.312 e. The topological polar surface area (TPSA) is 18.5 Å². The van der Waals surface area contributed by atoms with Crippen molar-refractivity contribution in [2.24, 2.45) is 0 Å². The highest BCUT2D eigenvalue weighted by molar-refractivity contribution is 4.90. The number of rotatable bonds is 5. The van der Waals surface area contributed by atoms with E-state index in [1.807, 2.05) is 0 Å².